The van der Waals surface area contributed by atoms with Crippen LogP contribution in [0.3, 0.4) is 0 Å². The maximum Gasteiger partial charge on any atom is 0.0998 e. The van der Waals surface area contributed by atoms with Gasteiger partial charge in [-0.2, -0.15) is 5.26 Å². The molecule has 3 rings (SSSR count). The lowest BCUT2D eigenvalue weighted by molar-refractivity contribution is 0.964. The van der Waals surface area contributed by atoms with Crippen LogP contribution in [0.5, 0.6) is 0 Å². The number of nitriles is 1. The molecule has 3 heteroatoms. The number of benzene rings is 2. The molecule has 2 aromatic carbocycles. The van der Waals surface area contributed by atoms with Crippen molar-refractivity contribution >= 4 is 27.6 Å². The van der Waals surface area contributed by atoms with Crippen LogP contribution >= 0.6 is 15.9 Å². The van der Waals surface area contributed by atoms with E-state index in [1.54, 1.807) is 0 Å². The number of rotatable bonds is 3. The van der Waals surface area contributed by atoms with Gasteiger partial charge in [-0.25, -0.2) is 0 Å². The van der Waals surface area contributed by atoms with Crippen molar-refractivity contribution in [3.05, 3.63) is 87.7 Å². The van der Waals surface area contributed by atoms with Gasteiger partial charge in [0.25, 0.3) is 0 Å². The first-order valence-corrected chi connectivity index (χ1v) is 8.51. The van der Waals surface area contributed by atoms with E-state index < -0.39 is 0 Å². The van der Waals surface area contributed by atoms with Gasteiger partial charge in [-0.05, 0) is 61.4 Å². The predicted molar refractivity (Wildman–Crippen MR) is 103 cm³/mol. The van der Waals surface area contributed by atoms with Crippen molar-refractivity contribution < 1.29 is 0 Å². The van der Waals surface area contributed by atoms with Gasteiger partial charge in [-0.3, -0.25) is 0 Å². The summed E-state index contributed by atoms with van der Waals surface area (Å²) < 4.78 is 3.27. The third-order valence-electron chi connectivity index (χ3n) is 4.06. The molecule has 0 fully saturated rings. The Labute approximate surface area is 150 Å². The van der Waals surface area contributed by atoms with Gasteiger partial charge in [0.15, 0.2) is 0 Å². The van der Waals surface area contributed by atoms with Crippen LogP contribution in [0.1, 0.15) is 22.5 Å². The zero-order valence-corrected chi connectivity index (χ0v) is 15.2. The summed E-state index contributed by atoms with van der Waals surface area (Å²) in [6.45, 7) is 4.17. The molecule has 118 valence electrons. The topological polar surface area (TPSA) is 28.7 Å². The molecule has 0 aliphatic heterocycles. The fraction of sp³-hybridized carbons (Fsp3) is 0.0952. The number of hydrogen-bond acceptors (Lipinski definition) is 1. The Morgan fingerprint density at radius 2 is 1.71 bits per heavy atom. The summed E-state index contributed by atoms with van der Waals surface area (Å²) in [5, 5.41) is 9.53. The number of aryl methyl sites for hydroxylation is 1. The lowest BCUT2D eigenvalue weighted by Gasteiger charge is -2.09. The average molecular weight is 377 g/mol. The Morgan fingerprint density at radius 3 is 2.33 bits per heavy atom. The van der Waals surface area contributed by atoms with Crippen molar-refractivity contribution in [1.29, 1.82) is 5.26 Å². The van der Waals surface area contributed by atoms with Crippen molar-refractivity contribution in [2.24, 2.45) is 0 Å². The summed E-state index contributed by atoms with van der Waals surface area (Å²) in [6, 6.07) is 22.5. The largest absolute Gasteiger partial charge is 0.318 e. The normalized spacial score (nSPS) is 11.3. The van der Waals surface area contributed by atoms with E-state index in [1.165, 1.54) is 0 Å². The molecule has 0 atom stereocenters. The average Bonchev–Trinajstić information content (AvgIpc) is 2.88. The van der Waals surface area contributed by atoms with Crippen molar-refractivity contribution in [3.63, 3.8) is 0 Å². The minimum atomic E-state index is 0.673. The molecule has 0 unspecified atom stereocenters. The molecule has 1 aromatic heterocycles. The van der Waals surface area contributed by atoms with Gasteiger partial charge in [-0.15, -0.1) is 0 Å². The number of nitrogens with zero attached hydrogens (tertiary/aromatic N) is 2. The summed E-state index contributed by atoms with van der Waals surface area (Å²) in [7, 11) is 0. The van der Waals surface area contributed by atoms with Crippen LogP contribution in [0.15, 0.2) is 65.1 Å². The van der Waals surface area contributed by atoms with Crippen molar-refractivity contribution in [3.8, 4) is 11.8 Å². The van der Waals surface area contributed by atoms with E-state index in [0.717, 1.165) is 32.7 Å². The van der Waals surface area contributed by atoms with Gasteiger partial charge in [0.2, 0.25) is 0 Å². The second kappa shape index (κ2) is 6.90. The molecule has 0 N–H and O–H groups in total. The summed E-state index contributed by atoms with van der Waals surface area (Å²) in [5.41, 5.74) is 6.06. The molecule has 0 bridgehead atoms. The Bertz CT molecular complexity index is 926. The fourth-order valence-electron chi connectivity index (χ4n) is 2.87. The number of allylic oxidation sites excluding steroid dienone is 1. The van der Waals surface area contributed by atoms with E-state index in [2.05, 4.69) is 58.6 Å². The molecule has 2 nitrogen and oxygen atoms in total. The first-order chi connectivity index (χ1) is 11.6. The molecular formula is C21H17BrN2. The van der Waals surface area contributed by atoms with Crippen LogP contribution in [0.25, 0.3) is 17.3 Å². The van der Waals surface area contributed by atoms with E-state index in [-0.39, 0.29) is 0 Å². The quantitative estimate of drug-likeness (QED) is 0.521. The summed E-state index contributed by atoms with van der Waals surface area (Å²) in [4.78, 5) is 0. The Balaban J connectivity index is 2.08. The van der Waals surface area contributed by atoms with Crippen LogP contribution < -0.4 is 0 Å². The third kappa shape index (κ3) is 3.20. The first-order valence-electron chi connectivity index (χ1n) is 7.72. The highest BCUT2D eigenvalue weighted by Gasteiger charge is 2.10. The minimum absolute atomic E-state index is 0.673. The van der Waals surface area contributed by atoms with Crippen molar-refractivity contribution in [1.82, 2.24) is 4.57 Å². The smallest absolute Gasteiger partial charge is 0.0998 e. The molecular weight excluding hydrogens is 360 g/mol. The molecule has 0 aliphatic rings. The van der Waals surface area contributed by atoms with E-state index >= 15 is 0 Å². The summed E-state index contributed by atoms with van der Waals surface area (Å²) in [5.74, 6) is 0. The van der Waals surface area contributed by atoms with Gasteiger partial charge < -0.3 is 4.57 Å². The lowest BCUT2D eigenvalue weighted by Crippen LogP contribution is -1.98. The zero-order valence-electron chi connectivity index (χ0n) is 13.6. The highest BCUT2D eigenvalue weighted by atomic mass is 79.9. The maximum absolute atomic E-state index is 9.53. The van der Waals surface area contributed by atoms with Crippen LogP contribution in [-0.4, -0.2) is 4.57 Å². The van der Waals surface area contributed by atoms with Gasteiger partial charge >= 0.3 is 0 Å². The van der Waals surface area contributed by atoms with Crippen LogP contribution in [0.2, 0.25) is 0 Å². The van der Waals surface area contributed by atoms with Gasteiger partial charge in [0.1, 0.15) is 0 Å². The van der Waals surface area contributed by atoms with E-state index in [0.29, 0.717) is 5.57 Å². The molecule has 0 aliphatic carbocycles. The molecule has 0 saturated heterocycles. The molecule has 0 radical (unpaired) electrons. The highest BCUT2D eigenvalue weighted by Crippen LogP contribution is 2.26. The van der Waals surface area contributed by atoms with Crippen LogP contribution in [0.4, 0.5) is 0 Å². The van der Waals surface area contributed by atoms with Crippen molar-refractivity contribution in [2.75, 3.05) is 0 Å². The standard InChI is InChI=1S/C21H17BrN2/c1-15-12-18(13-19(14-23)17-6-4-3-5-7-17)16(2)24(15)21-10-8-20(22)9-11-21/h3-13H,1-2H3/b19-13+. The molecule has 3 aromatic rings. The molecule has 0 spiro atoms. The maximum atomic E-state index is 9.53. The zero-order chi connectivity index (χ0) is 17.1. The third-order valence-corrected chi connectivity index (χ3v) is 4.59. The molecule has 0 saturated carbocycles. The molecule has 24 heavy (non-hydrogen) atoms. The molecule has 1 heterocycles. The number of hydrogen-bond donors (Lipinski definition) is 0. The first kappa shape index (κ1) is 16.3. The number of aromatic nitrogens is 1. The summed E-state index contributed by atoms with van der Waals surface area (Å²) in [6.07, 6.45) is 1.97. The lowest BCUT2D eigenvalue weighted by atomic mass is 10.0. The Morgan fingerprint density at radius 1 is 1.04 bits per heavy atom. The second-order valence-corrected chi connectivity index (χ2v) is 6.59. The van der Waals surface area contributed by atoms with E-state index in [1.807, 2.05) is 48.5 Å². The van der Waals surface area contributed by atoms with Crippen LogP contribution in [0, 0.1) is 25.2 Å². The Kier molecular flexibility index (Phi) is 4.69. The predicted octanol–water partition coefficient (Wildman–Crippen LogP) is 5.92. The summed E-state index contributed by atoms with van der Waals surface area (Å²) >= 11 is 3.47. The Hall–Kier alpha value is -2.57. The van der Waals surface area contributed by atoms with Gasteiger partial charge in [0, 0.05) is 21.5 Å². The minimum Gasteiger partial charge on any atom is -0.318 e. The number of halogens is 1. The highest BCUT2D eigenvalue weighted by molar-refractivity contribution is 9.10. The SMILES string of the molecule is Cc1cc(/C=C(\C#N)c2ccccc2)c(C)n1-c1ccc(Br)cc1. The monoisotopic (exact) mass is 376 g/mol. The van der Waals surface area contributed by atoms with Gasteiger partial charge in [-0.1, -0.05) is 46.3 Å². The van der Waals surface area contributed by atoms with Gasteiger partial charge in [0.05, 0.1) is 11.6 Å². The molecule has 0 amide bonds. The fourth-order valence-corrected chi connectivity index (χ4v) is 3.14. The second-order valence-electron chi connectivity index (χ2n) is 5.67. The van der Waals surface area contributed by atoms with E-state index in [4.69, 9.17) is 0 Å². The van der Waals surface area contributed by atoms with E-state index in [9.17, 15) is 5.26 Å². The van der Waals surface area contributed by atoms with Crippen molar-refractivity contribution in [2.45, 2.75) is 13.8 Å². The van der Waals surface area contributed by atoms with Crippen LogP contribution in [-0.2, 0) is 0 Å².